The molecule has 0 spiro atoms. The molecule has 0 saturated heterocycles. The first-order valence-electron chi connectivity index (χ1n) is 4.92. The summed E-state index contributed by atoms with van der Waals surface area (Å²) in [6.45, 7) is 2.02. The normalized spacial score (nSPS) is 14.4. The molecule has 1 rings (SSSR count). The van der Waals surface area contributed by atoms with Crippen LogP contribution in [0.25, 0.3) is 0 Å². The fraction of sp³-hybridized carbons (Fsp3) is 0.417. The van der Waals surface area contributed by atoms with E-state index in [4.69, 9.17) is 5.26 Å². The third-order valence-electron chi connectivity index (χ3n) is 2.29. The van der Waals surface area contributed by atoms with Crippen molar-refractivity contribution in [3.05, 3.63) is 35.9 Å². The Morgan fingerprint density at radius 2 is 2.00 bits per heavy atom. The molecular weight excluding hydrogens is 174 g/mol. The standard InChI is InChI=1S/C12H15NO/c1-2-6-11(9-13)12(14)10-7-4-3-5-8-10/h3-5,7-8,11-12,14H,2,6H2,1H3/t11-,12+/m1/s1. The van der Waals surface area contributed by atoms with Crippen LogP contribution in [-0.2, 0) is 0 Å². The van der Waals surface area contributed by atoms with Crippen molar-refractivity contribution < 1.29 is 5.11 Å². The van der Waals surface area contributed by atoms with Crippen molar-refractivity contribution in [2.45, 2.75) is 25.9 Å². The quantitative estimate of drug-likeness (QED) is 0.791. The molecule has 0 aliphatic rings. The van der Waals surface area contributed by atoms with Gasteiger partial charge in [-0.3, -0.25) is 0 Å². The van der Waals surface area contributed by atoms with E-state index in [1.807, 2.05) is 37.3 Å². The van der Waals surface area contributed by atoms with Crippen molar-refractivity contribution in [3.63, 3.8) is 0 Å². The molecule has 2 nitrogen and oxygen atoms in total. The highest BCUT2D eigenvalue weighted by atomic mass is 16.3. The van der Waals surface area contributed by atoms with Crippen molar-refractivity contribution in [2.75, 3.05) is 0 Å². The second-order valence-corrected chi connectivity index (χ2v) is 3.38. The van der Waals surface area contributed by atoms with Gasteiger partial charge in [0, 0.05) is 0 Å². The molecule has 1 aromatic carbocycles. The van der Waals surface area contributed by atoms with Gasteiger partial charge in [0.2, 0.25) is 0 Å². The summed E-state index contributed by atoms with van der Waals surface area (Å²) in [4.78, 5) is 0. The lowest BCUT2D eigenvalue weighted by molar-refractivity contribution is 0.130. The van der Waals surface area contributed by atoms with Gasteiger partial charge >= 0.3 is 0 Å². The van der Waals surface area contributed by atoms with Gasteiger partial charge in [0.1, 0.15) is 0 Å². The van der Waals surface area contributed by atoms with E-state index in [9.17, 15) is 5.11 Å². The van der Waals surface area contributed by atoms with Crippen LogP contribution in [0.4, 0.5) is 0 Å². The van der Waals surface area contributed by atoms with E-state index >= 15 is 0 Å². The van der Waals surface area contributed by atoms with Gasteiger partial charge < -0.3 is 5.11 Å². The molecule has 0 saturated carbocycles. The van der Waals surface area contributed by atoms with Crippen LogP contribution in [0.2, 0.25) is 0 Å². The minimum Gasteiger partial charge on any atom is -0.387 e. The van der Waals surface area contributed by atoms with Crippen LogP contribution in [0.3, 0.4) is 0 Å². The van der Waals surface area contributed by atoms with E-state index in [1.165, 1.54) is 0 Å². The Morgan fingerprint density at radius 3 is 2.50 bits per heavy atom. The lowest BCUT2D eigenvalue weighted by Crippen LogP contribution is -2.10. The zero-order valence-corrected chi connectivity index (χ0v) is 8.35. The van der Waals surface area contributed by atoms with Crippen molar-refractivity contribution >= 4 is 0 Å². The van der Waals surface area contributed by atoms with Crippen LogP contribution in [0.1, 0.15) is 31.4 Å². The summed E-state index contributed by atoms with van der Waals surface area (Å²) in [7, 11) is 0. The summed E-state index contributed by atoms with van der Waals surface area (Å²) in [5.74, 6) is -0.289. The van der Waals surface area contributed by atoms with E-state index in [2.05, 4.69) is 6.07 Å². The molecule has 0 aliphatic carbocycles. The first-order chi connectivity index (χ1) is 6.79. The highest BCUT2D eigenvalue weighted by Crippen LogP contribution is 2.24. The third kappa shape index (κ3) is 2.58. The zero-order valence-electron chi connectivity index (χ0n) is 8.35. The Labute approximate surface area is 84.8 Å². The maximum atomic E-state index is 9.89. The molecule has 0 bridgehead atoms. The molecule has 0 aliphatic heterocycles. The molecule has 0 unspecified atom stereocenters. The smallest absolute Gasteiger partial charge is 0.0948 e. The predicted molar refractivity (Wildman–Crippen MR) is 55.4 cm³/mol. The number of nitrogens with zero attached hydrogens (tertiary/aromatic N) is 1. The van der Waals surface area contributed by atoms with E-state index in [1.54, 1.807) is 0 Å². The number of nitriles is 1. The molecule has 0 aromatic heterocycles. The monoisotopic (exact) mass is 189 g/mol. The largest absolute Gasteiger partial charge is 0.387 e. The molecule has 74 valence electrons. The number of benzene rings is 1. The molecule has 0 fully saturated rings. The molecule has 0 amide bonds. The summed E-state index contributed by atoms with van der Waals surface area (Å²) in [5, 5.41) is 18.8. The SMILES string of the molecule is CCC[C@H](C#N)[C@@H](O)c1ccccc1. The van der Waals surface area contributed by atoms with Crippen molar-refractivity contribution in [2.24, 2.45) is 5.92 Å². The highest BCUT2D eigenvalue weighted by Gasteiger charge is 2.18. The first kappa shape index (κ1) is 10.7. The summed E-state index contributed by atoms with van der Waals surface area (Å²) in [6.07, 6.45) is 1.01. The van der Waals surface area contributed by atoms with Crippen molar-refractivity contribution in [1.29, 1.82) is 5.26 Å². The molecule has 0 radical (unpaired) electrons. The zero-order chi connectivity index (χ0) is 10.4. The average molecular weight is 189 g/mol. The molecule has 2 atom stereocenters. The molecule has 14 heavy (non-hydrogen) atoms. The van der Waals surface area contributed by atoms with Crippen LogP contribution in [-0.4, -0.2) is 5.11 Å². The van der Waals surface area contributed by atoms with Gasteiger partial charge in [-0.15, -0.1) is 0 Å². The van der Waals surface area contributed by atoms with Crippen LogP contribution in [0, 0.1) is 17.2 Å². The van der Waals surface area contributed by atoms with E-state index in [0.29, 0.717) is 0 Å². The number of hydrogen-bond acceptors (Lipinski definition) is 2. The van der Waals surface area contributed by atoms with Gasteiger partial charge in [-0.05, 0) is 12.0 Å². The summed E-state index contributed by atoms with van der Waals surface area (Å²) >= 11 is 0. The minimum atomic E-state index is -0.652. The van der Waals surface area contributed by atoms with Crippen LogP contribution in [0.5, 0.6) is 0 Å². The van der Waals surface area contributed by atoms with E-state index in [0.717, 1.165) is 18.4 Å². The highest BCUT2D eigenvalue weighted by molar-refractivity contribution is 5.19. The van der Waals surface area contributed by atoms with Crippen LogP contribution < -0.4 is 0 Å². The minimum absolute atomic E-state index is 0.289. The van der Waals surface area contributed by atoms with Gasteiger partial charge in [0.25, 0.3) is 0 Å². The Hall–Kier alpha value is -1.33. The van der Waals surface area contributed by atoms with Crippen molar-refractivity contribution in [1.82, 2.24) is 0 Å². The first-order valence-corrected chi connectivity index (χ1v) is 4.92. The van der Waals surface area contributed by atoms with Gasteiger partial charge in [-0.25, -0.2) is 0 Å². The van der Waals surface area contributed by atoms with Gasteiger partial charge in [-0.1, -0.05) is 43.7 Å². The summed E-state index contributed by atoms with van der Waals surface area (Å²) < 4.78 is 0. The number of hydrogen-bond donors (Lipinski definition) is 1. The second kappa shape index (κ2) is 5.41. The predicted octanol–water partition coefficient (Wildman–Crippen LogP) is 2.66. The Bertz CT molecular complexity index is 302. The maximum absolute atomic E-state index is 9.89. The lowest BCUT2D eigenvalue weighted by atomic mass is 9.93. The molecule has 2 heteroatoms. The Kier molecular flexibility index (Phi) is 4.15. The third-order valence-corrected chi connectivity index (χ3v) is 2.29. The fourth-order valence-corrected chi connectivity index (χ4v) is 1.49. The number of rotatable bonds is 4. The fourth-order valence-electron chi connectivity index (χ4n) is 1.49. The van der Waals surface area contributed by atoms with Crippen LogP contribution >= 0.6 is 0 Å². The molecule has 1 aromatic rings. The van der Waals surface area contributed by atoms with Crippen LogP contribution in [0.15, 0.2) is 30.3 Å². The Balaban J connectivity index is 2.74. The van der Waals surface area contributed by atoms with Gasteiger partial charge in [0.15, 0.2) is 0 Å². The second-order valence-electron chi connectivity index (χ2n) is 3.38. The number of aliphatic hydroxyl groups is 1. The topological polar surface area (TPSA) is 44.0 Å². The van der Waals surface area contributed by atoms with E-state index in [-0.39, 0.29) is 5.92 Å². The molecular formula is C12H15NO. The average Bonchev–Trinajstić information content (AvgIpc) is 2.26. The molecule has 0 heterocycles. The van der Waals surface area contributed by atoms with Gasteiger partial charge in [-0.2, -0.15) is 5.26 Å². The van der Waals surface area contributed by atoms with E-state index < -0.39 is 6.10 Å². The molecule has 1 N–H and O–H groups in total. The summed E-state index contributed by atoms with van der Waals surface area (Å²) in [6, 6.07) is 11.5. The van der Waals surface area contributed by atoms with Crippen molar-refractivity contribution in [3.8, 4) is 6.07 Å². The summed E-state index contributed by atoms with van der Waals surface area (Å²) in [5.41, 5.74) is 0.826. The lowest BCUT2D eigenvalue weighted by Gasteiger charge is -2.15. The number of aliphatic hydroxyl groups excluding tert-OH is 1. The maximum Gasteiger partial charge on any atom is 0.0948 e. The Morgan fingerprint density at radius 1 is 1.36 bits per heavy atom. The van der Waals surface area contributed by atoms with Gasteiger partial charge in [0.05, 0.1) is 18.1 Å².